The van der Waals surface area contributed by atoms with E-state index in [1.54, 1.807) is 24.3 Å². The minimum Gasteiger partial charge on any atom is -0.503 e. The second kappa shape index (κ2) is 9.97. The monoisotopic (exact) mass is 519 g/mol. The topological polar surface area (TPSA) is 84.2 Å². The molecule has 3 aromatic rings. The van der Waals surface area contributed by atoms with Crippen LogP contribution in [0.4, 0.5) is 13.2 Å². The summed E-state index contributed by atoms with van der Waals surface area (Å²) < 4.78 is 41.3. The summed E-state index contributed by atoms with van der Waals surface area (Å²) in [7, 11) is 0. The van der Waals surface area contributed by atoms with Gasteiger partial charge in [-0.25, -0.2) is 0 Å². The third kappa shape index (κ3) is 5.41. The zero-order chi connectivity index (χ0) is 26.1. The van der Waals surface area contributed by atoms with Gasteiger partial charge in [0, 0.05) is 17.0 Å². The highest BCUT2D eigenvalue weighted by Crippen LogP contribution is 2.44. The molecular weight excluding hydrogens is 495 g/mol. The van der Waals surface area contributed by atoms with E-state index in [1.165, 1.54) is 10.7 Å². The second-order valence-electron chi connectivity index (χ2n) is 9.22. The van der Waals surface area contributed by atoms with Crippen molar-refractivity contribution in [3.63, 3.8) is 0 Å². The number of alkyl halides is 3. The van der Waals surface area contributed by atoms with Crippen molar-refractivity contribution >= 4 is 17.5 Å². The van der Waals surface area contributed by atoms with Crippen LogP contribution in [0.2, 0.25) is 5.02 Å². The molecule has 1 amide bonds. The summed E-state index contributed by atoms with van der Waals surface area (Å²) in [5, 5.41) is 17.6. The SMILES string of the molecule is Cc1cc(CNC(=O)c2nn(CC3(c4cccc(C(F)(F)F)c4)CCCC3)cc(O)c2=O)ccc1Cl. The van der Waals surface area contributed by atoms with Gasteiger partial charge in [0.25, 0.3) is 11.3 Å². The molecule has 4 rings (SSSR count). The van der Waals surface area contributed by atoms with E-state index >= 15 is 0 Å². The van der Waals surface area contributed by atoms with E-state index in [2.05, 4.69) is 10.4 Å². The largest absolute Gasteiger partial charge is 0.503 e. The lowest BCUT2D eigenvalue weighted by molar-refractivity contribution is -0.137. The first-order valence-corrected chi connectivity index (χ1v) is 11.9. The molecule has 1 fully saturated rings. The van der Waals surface area contributed by atoms with Crippen LogP contribution in [0, 0.1) is 6.92 Å². The van der Waals surface area contributed by atoms with Crippen LogP contribution in [0.1, 0.15) is 58.4 Å². The average Bonchev–Trinajstić information content (AvgIpc) is 3.31. The molecule has 190 valence electrons. The van der Waals surface area contributed by atoms with Crippen LogP contribution in [0.3, 0.4) is 0 Å². The van der Waals surface area contributed by atoms with Crippen molar-refractivity contribution < 1.29 is 23.1 Å². The zero-order valence-electron chi connectivity index (χ0n) is 19.5. The fourth-order valence-corrected chi connectivity index (χ4v) is 4.88. The number of amides is 1. The number of benzene rings is 2. The van der Waals surface area contributed by atoms with Gasteiger partial charge >= 0.3 is 6.18 Å². The van der Waals surface area contributed by atoms with E-state index in [0.29, 0.717) is 23.4 Å². The highest BCUT2D eigenvalue weighted by Gasteiger charge is 2.39. The Morgan fingerprint density at radius 3 is 2.58 bits per heavy atom. The third-order valence-electron chi connectivity index (χ3n) is 6.67. The summed E-state index contributed by atoms with van der Waals surface area (Å²) in [6.45, 7) is 2.05. The first-order valence-electron chi connectivity index (χ1n) is 11.5. The Morgan fingerprint density at radius 2 is 1.92 bits per heavy atom. The third-order valence-corrected chi connectivity index (χ3v) is 7.09. The van der Waals surface area contributed by atoms with E-state index in [0.717, 1.165) is 42.3 Å². The Kier molecular flexibility index (Phi) is 7.13. The molecule has 0 bridgehead atoms. The number of nitrogens with one attached hydrogen (secondary N) is 1. The zero-order valence-corrected chi connectivity index (χ0v) is 20.3. The first kappa shape index (κ1) is 25.8. The Bertz CT molecular complexity index is 1350. The standard InChI is InChI=1S/C26H25ClF3N3O3/c1-16-11-17(7-8-20(16)27)13-31-24(36)22-23(35)21(34)14-33(32-22)15-25(9-2-3-10-25)18-5-4-6-19(12-18)26(28,29)30/h4-8,11-12,14,34H,2-3,9-10,13,15H2,1H3,(H,31,36). The molecule has 2 N–H and O–H groups in total. The molecule has 2 aromatic carbocycles. The molecule has 1 aliphatic carbocycles. The molecule has 1 saturated carbocycles. The van der Waals surface area contributed by atoms with Crippen molar-refractivity contribution in [2.75, 3.05) is 0 Å². The molecule has 1 aliphatic rings. The van der Waals surface area contributed by atoms with Gasteiger partial charge in [-0.1, -0.05) is 54.8 Å². The molecule has 6 nitrogen and oxygen atoms in total. The number of rotatable bonds is 6. The number of hydrogen-bond acceptors (Lipinski definition) is 4. The molecule has 0 unspecified atom stereocenters. The van der Waals surface area contributed by atoms with E-state index < -0.39 is 39.9 Å². The summed E-state index contributed by atoms with van der Waals surface area (Å²) in [6, 6.07) is 10.5. The fraction of sp³-hybridized carbons (Fsp3) is 0.346. The molecular formula is C26H25ClF3N3O3. The molecule has 1 aromatic heterocycles. The summed E-state index contributed by atoms with van der Waals surface area (Å²) in [6.07, 6.45) is -0.500. The van der Waals surface area contributed by atoms with Gasteiger partial charge in [-0.05, 0) is 48.6 Å². The molecule has 36 heavy (non-hydrogen) atoms. The summed E-state index contributed by atoms with van der Waals surface area (Å²) in [5.41, 5.74) is -0.714. The predicted molar refractivity (Wildman–Crippen MR) is 129 cm³/mol. The van der Waals surface area contributed by atoms with Crippen molar-refractivity contribution in [3.05, 3.63) is 91.9 Å². The quantitative estimate of drug-likeness (QED) is 0.458. The van der Waals surface area contributed by atoms with Crippen molar-refractivity contribution in [1.82, 2.24) is 15.1 Å². The predicted octanol–water partition coefficient (Wildman–Crippen LogP) is 5.37. The fourth-order valence-electron chi connectivity index (χ4n) is 4.76. The van der Waals surface area contributed by atoms with Gasteiger partial charge in [-0.3, -0.25) is 14.3 Å². The van der Waals surface area contributed by atoms with Gasteiger partial charge < -0.3 is 10.4 Å². The van der Waals surface area contributed by atoms with Gasteiger partial charge in [0.2, 0.25) is 0 Å². The van der Waals surface area contributed by atoms with Gasteiger partial charge in [-0.15, -0.1) is 0 Å². The smallest absolute Gasteiger partial charge is 0.416 e. The Balaban J connectivity index is 1.61. The number of carbonyl (C=O) groups excluding carboxylic acids is 1. The maximum Gasteiger partial charge on any atom is 0.416 e. The molecule has 0 spiro atoms. The molecule has 0 aliphatic heterocycles. The number of aromatic nitrogens is 2. The van der Waals surface area contributed by atoms with Gasteiger partial charge in [-0.2, -0.15) is 18.3 Å². The first-order chi connectivity index (χ1) is 17.0. The van der Waals surface area contributed by atoms with Gasteiger partial charge in [0.05, 0.1) is 18.3 Å². The Morgan fingerprint density at radius 1 is 1.19 bits per heavy atom. The van der Waals surface area contributed by atoms with Crippen LogP contribution in [0.25, 0.3) is 0 Å². The number of hydrogen-bond donors (Lipinski definition) is 2. The van der Waals surface area contributed by atoms with E-state index in [4.69, 9.17) is 11.6 Å². The lowest BCUT2D eigenvalue weighted by atomic mass is 9.78. The van der Waals surface area contributed by atoms with Crippen molar-refractivity contribution in [3.8, 4) is 5.75 Å². The minimum atomic E-state index is -4.47. The summed E-state index contributed by atoms with van der Waals surface area (Å²) in [5.74, 6) is -1.42. The normalized spacial score (nSPS) is 15.1. The highest BCUT2D eigenvalue weighted by molar-refractivity contribution is 6.31. The minimum absolute atomic E-state index is 0.110. The molecule has 10 heteroatoms. The van der Waals surface area contributed by atoms with Crippen molar-refractivity contribution in [2.45, 2.75) is 57.3 Å². The van der Waals surface area contributed by atoms with Crippen LogP contribution in [0.15, 0.2) is 53.5 Å². The Hall–Kier alpha value is -3.33. The number of nitrogens with zero attached hydrogens (tertiary/aromatic N) is 2. The van der Waals surface area contributed by atoms with Crippen molar-refractivity contribution in [1.29, 1.82) is 0 Å². The highest BCUT2D eigenvalue weighted by atomic mass is 35.5. The lowest BCUT2D eigenvalue weighted by Crippen LogP contribution is -2.34. The number of aryl methyl sites for hydroxylation is 1. The maximum atomic E-state index is 13.3. The molecule has 0 radical (unpaired) electrons. The number of halogens is 4. The molecule has 1 heterocycles. The Labute approximate surface area is 210 Å². The van der Waals surface area contributed by atoms with Crippen molar-refractivity contribution in [2.24, 2.45) is 0 Å². The lowest BCUT2D eigenvalue weighted by Gasteiger charge is -2.31. The van der Waals surface area contributed by atoms with Gasteiger partial charge in [0.15, 0.2) is 11.4 Å². The van der Waals surface area contributed by atoms with E-state index in [-0.39, 0.29) is 13.1 Å². The number of carbonyl (C=O) groups is 1. The van der Waals surface area contributed by atoms with Crippen LogP contribution in [-0.2, 0) is 24.7 Å². The van der Waals surface area contributed by atoms with Crippen LogP contribution in [0.5, 0.6) is 5.75 Å². The van der Waals surface area contributed by atoms with Crippen LogP contribution >= 0.6 is 11.6 Å². The summed E-state index contributed by atoms with van der Waals surface area (Å²) >= 11 is 6.03. The second-order valence-corrected chi connectivity index (χ2v) is 9.63. The van der Waals surface area contributed by atoms with Crippen LogP contribution in [-0.4, -0.2) is 20.8 Å². The number of aromatic hydroxyl groups is 1. The van der Waals surface area contributed by atoms with Crippen LogP contribution < -0.4 is 10.7 Å². The summed E-state index contributed by atoms with van der Waals surface area (Å²) in [4.78, 5) is 25.3. The molecule has 0 atom stereocenters. The van der Waals surface area contributed by atoms with E-state index in [1.807, 2.05) is 6.92 Å². The van der Waals surface area contributed by atoms with E-state index in [9.17, 15) is 27.9 Å². The average molecular weight is 520 g/mol. The molecule has 0 saturated heterocycles. The maximum absolute atomic E-state index is 13.3. The van der Waals surface area contributed by atoms with Gasteiger partial charge in [0.1, 0.15) is 0 Å².